The van der Waals surface area contributed by atoms with Crippen LogP contribution in [-0.2, 0) is 13.1 Å². The van der Waals surface area contributed by atoms with Gasteiger partial charge in [-0.1, -0.05) is 0 Å². The standard InChI is InChI=1S/C7H6N6O2/c14-7(15)6-4-1-13-5(9-10-11-13)2-12(4)3-8-6/h3H,1-2H2,(H,14,15). The van der Waals surface area contributed by atoms with E-state index in [1.807, 2.05) is 0 Å². The van der Waals surface area contributed by atoms with Crippen LogP contribution in [-0.4, -0.2) is 40.8 Å². The van der Waals surface area contributed by atoms with Gasteiger partial charge in [0.2, 0.25) is 0 Å². The molecule has 0 aromatic carbocycles. The number of carboxylic acids is 1. The molecule has 8 nitrogen and oxygen atoms in total. The van der Waals surface area contributed by atoms with E-state index in [4.69, 9.17) is 5.11 Å². The van der Waals surface area contributed by atoms with Crippen LogP contribution in [0.2, 0.25) is 0 Å². The number of imidazole rings is 1. The maximum absolute atomic E-state index is 10.8. The van der Waals surface area contributed by atoms with Crippen molar-refractivity contribution >= 4 is 5.97 Å². The summed E-state index contributed by atoms with van der Waals surface area (Å²) >= 11 is 0. The van der Waals surface area contributed by atoms with Crippen LogP contribution in [0, 0.1) is 0 Å². The lowest BCUT2D eigenvalue weighted by Crippen LogP contribution is -2.21. The molecule has 3 heterocycles. The van der Waals surface area contributed by atoms with E-state index in [1.165, 1.54) is 6.33 Å². The summed E-state index contributed by atoms with van der Waals surface area (Å²) in [5, 5.41) is 20.0. The zero-order chi connectivity index (χ0) is 10.4. The molecule has 1 N–H and O–H groups in total. The first-order valence-electron chi connectivity index (χ1n) is 4.28. The predicted molar refractivity (Wildman–Crippen MR) is 45.2 cm³/mol. The van der Waals surface area contributed by atoms with Gasteiger partial charge in [0.05, 0.1) is 25.1 Å². The van der Waals surface area contributed by atoms with Crippen molar-refractivity contribution in [3.63, 3.8) is 0 Å². The molecule has 8 heteroatoms. The number of rotatable bonds is 1. The number of hydrogen-bond acceptors (Lipinski definition) is 5. The van der Waals surface area contributed by atoms with Crippen LogP contribution in [0.1, 0.15) is 22.0 Å². The van der Waals surface area contributed by atoms with Gasteiger partial charge < -0.3 is 9.67 Å². The Labute approximate surface area is 83.2 Å². The molecule has 2 aromatic heterocycles. The van der Waals surface area contributed by atoms with Crippen molar-refractivity contribution in [1.82, 2.24) is 29.8 Å². The van der Waals surface area contributed by atoms with Crippen LogP contribution in [0.5, 0.6) is 0 Å². The quantitative estimate of drug-likeness (QED) is 0.547. The van der Waals surface area contributed by atoms with Gasteiger partial charge in [0.25, 0.3) is 0 Å². The fraction of sp³-hybridized carbons (Fsp3) is 0.286. The fourth-order valence-corrected chi connectivity index (χ4v) is 1.64. The topological polar surface area (TPSA) is 98.7 Å². The molecule has 0 atom stereocenters. The molecule has 0 bridgehead atoms. The molecule has 15 heavy (non-hydrogen) atoms. The first kappa shape index (κ1) is 8.09. The molecule has 0 saturated heterocycles. The Bertz CT molecular complexity index is 541. The number of carboxylic acid groups (broad SMARTS) is 1. The minimum atomic E-state index is -1.03. The Morgan fingerprint density at radius 1 is 1.47 bits per heavy atom. The summed E-state index contributed by atoms with van der Waals surface area (Å²) in [7, 11) is 0. The minimum absolute atomic E-state index is 0.0659. The minimum Gasteiger partial charge on any atom is -0.476 e. The SMILES string of the molecule is O=C(O)c1ncn2c1Cn1nnnc1C2. The highest BCUT2D eigenvalue weighted by atomic mass is 16.4. The number of aromatic carboxylic acids is 1. The molecule has 0 fully saturated rings. The Hall–Kier alpha value is -2.25. The average Bonchev–Trinajstić information content (AvgIpc) is 2.77. The summed E-state index contributed by atoms with van der Waals surface area (Å²) in [4.78, 5) is 14.7. The summed E-state index contributed by atoms with van der Waals surface area (Å²) < 4.78 is 3.32. The zero-order valence-corrected chi connectivity index (χ0v) is 7.53. The normalized spacial score (nSPS) is 13.3. The van der Waals surface area contributed by atoms with E-state index < -0.39 is 5.97 Å². The number of fused-ring (bicyclic) bond motifs is 2. The van der Waals surface area contributed by atoms with Crippen molar-refractivity contribution in [1.29, 1.82) is 0 Å². The molecule has 0 spiro atoms. The van der Waals surface area contributed by atoms with Crippen LogP contribution >= 0.6 is 0 Å². The van der Waals surface area contributed by atoms with Gasteiger partial charge in [-0.25, -0.2) is 14.5 Å². The summed E-state index contributed by atoms with van der Waals surface area (Å²) in [6.45, 7) is 0.812. The van der Waals surface area contributed by atoms with Gasteiger partial charge >= 0.3 is 5.97 Å². The molecule has 0 unspecified atom stereocenters. The molecule has 76 valence electrons. The van der Waals surface area contributed by atoms with Gasteiger partial charge in [0.15, 0.2) is 11.5 Å². The average molecular weight is 206 g/mol. The highest BCUT2D eigenvalue weighted by molar-refractivity contribution is 5.86. The molecule has 0 aliphatic carbocycles. The number of hydrogen-bond donors (Lipinski definition) is 1. The second kappa shape index (κ2) is 2.62. The second-order valence-electron chi connectivity index (χ2n) is 3.23. The lowest BCUT2D eigenvalue weighted by molar-refractivity contribution is 0.0689. The van der Waals surface area contributed by atoms with Crippen molar-refractivity contribution in [2.75, 3.05) is 0 Å². The van der Waals surface area contributed by atoms with Gasteiger partial charge in [-0.15, -0.1) is 5.10 Å². The Kier molecular flexibility index (Phi) is 1.42. The molecular weight excluding hydrogens is 200 g/mol. The summed E-state index contributed by atoms with van der Waals surface area (Å²) in [5.74, 6) is -0.322. The molecule has 0 saturated carbocycles. The number of aromatic nitrogens is 6. The van der Waals surface area contributed by atoms with E-state index in [2.05, 4.69) is 20.5 Å². The van der Waals surface area contributed by atoms with E-state index in [-0.39, 0.29) is 5.69 Å². The van der Waals surface area contributed by atoms with E-state index in [1.54, 1.807) is 9.25 Å². The first-order chi connectivity index (χ1) is 7.25. The first-order valence-corrected chi connectivity index (χ1v) is 4.28. The van der Waals surface area contributed by atoms with E-state index in [0.717, 1.165) is 0 Å². The van der Waals surface area contributed by atoms with Crippen molar-refractivity contribution in [3.05, 3.63) is 23.5 Å². The van der Waals surface area contributed by atoms with Crippen LogP contribution in [0.25, 0.3) is 0 Å². The zero-order valence-electron chi connectivity index (χ0n) is 7.53. The largest absolute Gasteiger partial charge is 0.476 e. The Morgan fingerprint density at radius 2 is 2.33 bits per heavy atom. The third-order valence-corrected chi connectivity index (χ3v) is 2.37. The molecule has 1 aliphatic rings. The van der Waals surface area contributed by atoms with Gasteiger partial charge in [0, 0.05) is 0 Å². The van der Waals surface area contributed by atoms with Crippen molar-refractivity contribution < 1.29 is 9.90 Å². The Morgan fingerprint density at radius 3 is 3.13 bits per heavy atom. The van der Waals surface area contributed by atoms with Gasteiger partial charge in [-0.2, -0.15) is 0 Å². The van der Waals surface area contributed by atoms with E-state index in [9.17, 15) is 4.79 Å². The number of nitrogens with zero attached hydrogens (tertiary/aromatic N) is 6. The smallest absolute Gasteiger partial charge is 0.356 e. The van der Waals surface area contributed by atoms with Crippen molar-refractivity contribution in [2.24, 2.45) is 0 Å². The summed E-state index contributed by atoms with van der Waals surface area (Å²) in [5.41, 5.74) is 0.693. The summed E-state index contributed by atoms with van der Waals surface area (Å²) in [6.07, 6.45) is 1.50. The number of tetrazole rings is 1. The van der Waals surface area contributed by atoms with E-state index >= 15 is 0 Å². The van der Waals surface area contributed by atoms with Gasteiger partial charge in [0.1, 0.15) is 0 Å². The molecule has 1 aliphatic heterocycles. The van der Waals surface area contributed by atoms with Crippen LogP contribution in [0.15, 0.2) is 6.33 Å². The molecule has 2 aromatic rings. The maximum atomic E-state index is 10.8. The fourth-order valence-electron chi connectivity index (χ4n) is 1.64. The van der Waals surface area contributed by atoms with Crippen molar-refractivity contribution in [3.8, 4) is 0 Å². The molecule has 3 rings (SSSR count). The van der Waals surface area contributed by atoms with Crippen LogP contribution in [0.4, 0.5) is 0 Å². The lowest BCUT2D eigenvalue weighted by Gasteiger charge is -2.14. The van der Waals surface area contributed by atoms with Gasteiger partial charge in [-0.05, 0) is 10.4 Å². The lowest BCUT2D eigenvalue weighted by atomic mass is 10.3. The highest BCUT2D eigenvalue weighted by Crippen LogP contribution is 2.16. The summed E-state index contributed by atoms with van der Waals surface area (Å²) in [6, 6.07) is 0. The van der Waals surface area contributed by atoms with E-state index in [0.29, 0.717) is 24.6 Å². The third-order valence-electron chi connectivity index (χ3n) is 2.37. The highest BCUT2D eigenvalue weighted by Gasteiger charge is 2.23. The van der Waals surface area contributed by atoms with Crippen LogP contribution in [0.3, 0.4) is 0 Å². The van der Waals surface area contributed by atoms with Crippen LogP contribution < -0.4 is 0 Å². The molecular formula is C7H6N6O2. The third kappa shape index (κ3) is 1.04. The predicted octanol–water partition coefficient (Wildman–Crippen LogP) is -1.02. The number of carbonyl (C=O) groups is 1. The van der Waals surface area contributed by atoms with Gasteiger partial charge in [-0.3, -0.25) is 0 Å². The Balaban J connectivity index is 2.11. The maximum Gasteiger partial charge on any atom is 0.356 e. The monoisotopic (exact) mass is 206 g/mol. The second-order valence-corrected chi connectivity index (χ2v) is 3.23. The van der Waals surface area contributed by atoms with Crippen molar-refractivity contribution in [2.45, 2.75) is 13.1 Å². The molecule has 0 amide bonds. The molecule has 0 radical (unpaired) electrons.